The summed E-state index contributed by atoms with van der Waals surface area (Å²) in [5.74, 6) is -0.211. The number of nitrogens with zero attached hydrogens (tertiary/aromatic N) is 1. The number of esters is 1. The third-order valence-corrected chi connectivity index (χ3v) is 4.29. The fourth-order valence-corrected chi connectivity index (χ4v) is 3.11. The molecule has 0 aliphatic heterocycles. The lowest BCUT2D eigenvalue weighted by Crippen LogP contribution is -2.37. The quantitative estimate of drug-likeness (QED) is 0.599. The third kappa shape index (κ3) is 6.38. The summed E-state index contributed by atoms with van der Waals surface area (Å²) in [6, 6.07) is 3.86. The molecule has 1 N–H and O–H groups in total. The van der Waals surface area contributed by atoms with Crippen LogP contribution in [0.15, 0.2) is 15.9 Å². The van der Waals surface area contributed by atoms with E-state index in [0.29, 0.717) is 25.9 Å². The van der Waals surface area contributed by atoms with E-state index < -0.39 is 0 Å². The van der Waals surface area contributed by atoms with Crippen molar-refractivity contribution in [1.29, 1.82) is 0 Å². The zero-order valence-electron chi connectivity index (χ0n) is 11.6. The predicted molar refractivity (Wildman–Crippen MR) is 82.8 cm³/mol. The van der Waals surface area contributed by atoms with Crippen LogP contribution in [-0.2, 0) is 16.1 Å². The average molecular weight is 363 g/mol. The van der Waals surface area contributed by atoms with E-state index in [1.54, 1.807) is 23.3 Å². The van der Waals surface area contributed by atoms with Gasteiger partial charge in [0.25, 0.3) is 0 Å². The van der Waals surface area contributed by atoms with Crippen molar-refractivity contribution in [2.75, 3.05) is 20.7 Å². The Balaban J connectivity index is 2.17. The molecule has 0 unspecified atom stereocenters. The van der Waals surface area contributed by atoms with Crippen molar-refractivity contribution >= 4 is 39.3 Å². The van der Waals surface area contributed by atoms with Crippen LogP contribution in [0.25, 0.3) is 0 Å². The molecular weight excluding hydrogens is 344 g/mol. The number of hydrogen-bond donors (Lipinski definition) is 1. The van der Waals surface area contributed by atoms with Crippen LogP contribution in [0.1, 0.15) is 24.1 Å². The maximum Gasteiger partial charge on any atom is 0.317 e. The Labute approximate surface area is 131 Å². The number of carbonyl (C=O) groups excluding carboxylic acids is 2. The number of rotatable bonds is 7. The van der Waals surface area contributed by atoms with Crippen molar-refractivity contribution in [2.24, 2.45) is 0 Å². The number of hydrogen-bond acceptors (Lipinski definition) is 4. The van der Waals surface area contributed by atoms with Crippen molar-refractivity contribution in [1.82, 2.24) is 10.2 Å². The Bertz CT molecular complexity index is 451. The van der Waals surface area contributed by atoms with Gasteiger partial charge in [0.2, 0.25) is 0 Å². The second kappa shape index (κ2) is 8.97. The minimum atomic E-state index is -0.211. The summed E-state index contributed by atoms with van der Waals surface area (Å²) >= 11 is 5.01. The molecule has 0 atom stereocenters. The molecule has 0 bridgehead atoms. The molecule has 7 heteroatoms. The van der Waals surface area contributed by atoms with E-state index in [1.165, 1.54) is 7.11 Å². The summed E-state index contributed by atoms with van der Waals surface area (Å²) in [7, 11) is 3.14. The van der Waals surface area contributed by atoms with Gasteiger partial charge in [-0.25, -0.2) is 4.79 Å². The lowest BCUT2D eigenvalue weighted by molar-refractivity contribution is -0.140. The molecule has 1 aromatic heterocycles. The number of methoxy groups -OCH3 is 1. The lowest BCUT2D eigenvalue weighted by atomic mass is 10.2. The van der Waals surface area contributed by atoms with Crippen molar-refractivity contribution in [2.45, 2.75) is 25.8 Å². The summed E-state index contributed by atoms with van der Waals surface area (Å²) < 4.78 is 5.61. The van der Waals surface area contributed by atoms with Crippen molar-refractivity contribution < 1.29 is 14.3 Å². The molecule has 20 heavy (non-hydrogen) atoms. The zero-order chi connectivity index (χ0) is 15.0. The summed E-state index contributed by atoms with van der Waals surface area (Å²) in [5, 5.41) is 2.83. The van der Waals surface area contributed by atoms with Gasteiger partial charge in [-0.3, -0.25) is 4.79 Å². The molecule has 2 amide bonds. The topological polar surface area (TPSA) is 58.6 Å². The number of amides is 2. The highest BCUT2D eigenvalue weighted by atomic mass is 79.9. The molecule has 0 radical (unpaired) electrons. The fraction of sp³-hybridized carbons (Fsp3) is 0.538. The molecule has 0 aromatic carbocycles. The number of nitrogens with one attached hydrogen (secondary N) is 1. The van der Waals surface area contributed by atoms with Crippen LogP contribution < -0.4 is 5.32 Å². The first-order valence-electron chi connectivity index (χ1n) is 6.33. The van der Waals surface area contributed by atoms with Gasteiger partial charge in [-0.05, 0) is 40.9 Å². The Morgan fingerprint density at radius 1 is 1.40 bits per heavy atom. The molecule has 0 saturated heterocycles. The van der Waals surface area contributed by atoms with Crippen LogP contribution in [-0.4, -0.2) is 37.6 Å². The van der Waals surface area contributed by atoms with Crippen molar-refractivity contribution in [3.63, 3.8) is 0 Å². The molecule has 112 valence electrons. The minimum absolute atomic E-state index is 0.104. The molecule has 0 aliphatic carbocycles. The summed E-state index contributed by atoms with van der Waals surface area (Å²) in [5.41, 5.74) is 0. The summed E-state index contributed by atoms with van der Waals surface area (Å²) in [6.45, 7) is 1.15. The summed E-state index contributed by atoms with van der Waals surface area (Å²) in [4.78, 5) is 25.5. The number of ether oxygens (including phenoxy) is 1. The molecule has 0 saturated carbocycles. The summed E-state index contributed by atoms with van der Waals surface area (Å²) in [6.07, 6.45) is 1.87. The Morgan fingerprint density at radius 2 is 2.15 bits per heavy atom. The van der Waals surface area contributed by atoms with Gasteiger partial charge >= 0.3 is 12.0 Å². The number of halogens is 1. The van der Waals surface area contributed by atoms with Crippen molar-refractivity contribution in [3.8, 4) is 0 Å². The average Bonchev–Trinajstić information content (AvgIpc) is 2.83. The van der Waals surface area contributed by atoms with Crippen LogP contribution in [0.3, 0.4) is 0 Å². The minimum Gasteiger partial charge on any atom is -0.469 e. The first kappa shape index (κ1) is 17.0. The largest absolute Gasteiger partial charge is 0.469 e. The van der Waals surface area contributed by atoms with Gasteiger partial charge in [0.05, 0.1) is 17.4 Å². The van der Waals surface area contributed by atoms with E-state index >= 15 is 0 Å². The molecule has 0 spiro atoms. The maximum atomic E-state index is 11.8. The second-order valence-corrected chi connectivity index (χ2v) is 6.87. The van der Waals surface area contributed by atoms with E-state index in [-0.39, 0.29) is 12.0 Å². The number of unbranched alkanes of at least 4 members (excludes halogenated alkanes) is 1. The van der Waals surface area contributed by atoms with E-state index in [4.69, 9.17) is 0 Å². The van der Waals surface area contributed by atoms with Crippen LogP contribution in [0.5, 0.6) is 0 Å². The van der Waals surface area contributed by atoms with Gasteiger partial charge in [0.1, 0.15) is 0 Å². The zero-order valence-corrected chi connectivity index (χ0v) is 14.1. The van der Waals surface area contributed by atoms with E-state index in [0.717, 1.165) is 15.1 Å². The van der Waals surface area contributed by atoms with Crippen LogP contribution in [0.4, 0.5) is 4.79 Å². The lowest BCUT2D eigenvalue weighted by Gasteiger charge is -2.17. The smallest absolute Gasteiger partial charge is 0.317 e. The Kier molecular flexibility index (Phi) is 7.61. The highest BCUT2D eigenvalue weighted by Gasteiger charge is 2.09. The second-order valence-electron chi connectivity index (χ2n) is 4.33. The molecule has 1 rings (SSSR count). The number of thiophene rings is 1. The maximum absolute atomic E-state index is 11.8. The molecule has 1 heterocycles. The third-order valence-electron chi connectivity index (χ3n) is 2.68. The monoisotopic (exact) mass is 362 g/mol. The number of carbonyl (C=O) groups is 2. The van der Waals surface area contributed by atoms with Crippen LogP contribution in [0.2, 0.25) is 0 Å². The standard InChI is InChI=1S/C13H19BrN2O3S/c1-16(9-10-6-7-11(14)20-10)13(18)15-8-4-3-5-12(17)19-2/h6-7H,3-5,8-9H2,1-2H3,(H,15,18). The van der Waals surface area contributed by atoms with Crippen LogP contribution >= 0.6 is 27.3 Å². The van der Waals surface area contributed by atoms with Gasteiger partial charge in [-0.15, -0.1) is 11.3 Å². The normalized spacial score (nSPS) is 10.2. The van der Waals surface area contributed by atoms with Gasteiger partial charge < -0.3 is 15.0 Å². The van der Waals surface area contributed by atoms with E-state index in [2.05, 4.69) is 26.0 Å². The van der Waals surface area contributed by atoms with E-state index in [1.807, 2.05) is 12.1 Å². The highest BCUT2D eigenvalue weighted by Crippen LogP contribution is 2.22. The molecule has 5 nitrogen and oxygen atoms in total. The number of urea groups is 1. The van der Waals surface area contributed by atoms with Gasteiger partial charge in [0.15, 0.2) is 0 Å². The van der Waals surface area contributed by atoms with E-state index in [9.17, 15) is 9.59 Å². The van der Waals surface area contributed by atoms with Gasteiger partial charge in [-0.1, -0.05) is 0 Å². The first-order chi connectivity index (χ1) is 9.52. The Hall–Kier alpha value is -1.08. The predicted octanol–water partition coefficient (Wildman–Crippen LogP) is 3.00. The molecule has 0 aliphatic rings. The first-order valence-corrected chi connectivity index (χ1v) is 7.94. The van der Waals surface area contributed by atoms with Crippen LogP contribution in [0, 0.1) is 0 Å². The molecular formula is C13H19BrN2O3S. The Morgan fingerprint density at radius 3 is 2.75 bits per heavy atom. The highest BCUT2D eigenvalue weighted by molar-refractivity contribution is 9.11. The fourth-order valence-electron chi connectivity index (χ4n) is 1.57. The molecule has 1 aromatic rings. The van der Waals surface area contributed by atoms with Crippen molar-refractivity contribution in [3.05, 3.63) is 20.8 Å². The van der Waals surface area contributed by atoms with Gasteiger partial charge in [0, 0.05) is 24.9 Å². The molecule has 0 fully saturated rings. The van der Waals surface area contributed by atoms with Gasteiger partial charge in [-0.2, -0.15) is 0 Å². The SMILES string of the molecule is COC(=O)CCCCNC(=O)N(C)Cc1ccc(Br)s1.